The van der Waals surface area contributed by atoms with Crippen molar-refractivity contribution in [3.8, 4) is 0 Å². The summed E-state index contributed by atoms with van der Waals surface area (Å²) in [5, 5.41) is 60.8. The molecule has 0 aromatic heterocycles. The van der Waals surface area contributed by atoms with Gasteiger partial charge in [-0.1, -0.05) is 146 Å². The number of aliphatic hydroxyl groups excluding tert-OH is 6. The predicted molar refractivity (Wildman–Crippen MR) is 218 cm³/mol. The highest BCUT2D eigenvalue weighted by molar-refractivity contribution is 5.40. The topological polar surface area (TPSA) is 140 Å². The first-order chi connectivity index (χ1) is 25.3. The molecule has 1 aliphatic heterocycles. The molecule has 54 heavy (non-hydrogen) atoms. The van der Waals surface area contributed by atoms with Crippen LogP contribution in [0.2, 0.25) is 0 Å². The van der Waals surface area contributed by atoms with Gasteiger partial charge in [-0.15, -0.1) is 0 Å². The van der Waals surface area contributed by atoms with E-state index in [0.29, 0.717) is 19.3 Å². The summed E-state index contributed by atoms with van der Waals surface area (Å²) in [5.41, 5.74) is 8.32. The van der Waals surface area contributed by atoms with Gasteiger partial charge in [0, 0.05) is 5.41 Å². The van der Waals surface area contributed by atoms with E-state index < -0.39 is 54.9 Å². The van der Waals surface area contributed by atoms with Crippen LogP contribution in [0.15, 0.2) is 130 Å². The van der Waals surface area contributed by atoms with E-state index in [0.717, 1.165) is 33.4 Å². The molecule has 3 rings (SSSR count). The van der Waals surface area contributed by atoms with Gasteiger partial charge in [-0.2, -0.15) is 0 Å². The molecule has 0 bridgehead atoms. The first-order valence-corrected chi connectivity index (χ1v) is 19.1. The van der Waals surface area contributed by atoms with Crippen molar-refractivity contribution in [2.45, 2.75) is 138 Å². The number of allylic oxidation sites excluding steroid dienone is 19. The molecule has 1 fully saturated rings. The summed E-state index contributed by atoms with van der Waals surface area (Å²) in [6.07, 6.45) is 22.6. The Kier molecular flexibility index (Phi) is 16.8. The smallest absolute Gasteiger partial charge is 0.186 e. The molecule has 8 atom stereocenters. The van der Waals surface area contributed by atoms with Crippen LogP contribution in [0.3, 0.4) is 0 Å². The van der Waals surface area contributed by atoms with Crippen molar-refractivity contribution in [2.24, 2.45) is 10.8 Å². The lowest BCUT2D eigenvalue weighted by Crippen LogP contribution is -2.59. The fraction of sp³-hybridized carbons (Fsp3) is 0.522. The Labute approximate surface area is 324 Å². The molecular formula is C46H66O8. The lowest BCUT2D eigenvalue weighted by molar-refractivity contribution is -0.313. The molecule has 0 radical (unpaired) electrons. The van der Waals surface area contributed by atoms with Gasteiger partial charge in [-0.25, -0.2) is 0 Å². The van der Waals surface area contributed by atoms with Crippen LogP contribution in [-0.4, -0.2) is 86.3 Å². The molecule has 0 aromatic rings. The molecule has 3 aliphatic rings. The Bertz CT molecular complexity index is 1640. The summed E-state index contributed by atoms with van der Waals surface area (Å²) < 4.78 is 11.7. The predicted octanol–water partition coefficient (Wildman–Crippen LogP) is 7.34. The number of hydrogen-bond acceptors (Lipinski definition) is 8. The second kappa shape index (κ2) is 20.1. The molecule has 0 unspecified atom stereocenters. The maximum atomic E-state index is 10.5. The summed E-state index contributed by atoms with van der Waals surface area (Å²) >= 11 is 0. The zero-order valence-electron chi connectivity index (χ0n) is 34.0. The van der Waals surface area contributed by atoms with E-state index in [4.69, 9.17) is 9.47 Å². The average Bonchev–Trinajstić information content (AvgIpc) is 3.08. The number of rotatable bonds is 13. The number of aliphatic hydroxyl groups is 6. The Balaban J connectivity index is 1.53. The molecule has 0 aromatic carbocycles. The van der Waals surface area contributed by atoms with E-state index >= 15 is 0 Å². The van der Waals surface area contributed by atoms with Crippen LogP contribution in [0.25, 0.3) is 0 Å². The third kappa shape index (κ3) is 12.4. The molecule has 8 nitrogen and oxygen atoms in total. The Hall–Kier alpha value is -3.18. The molecule has 2 aliphatic carbocycles. The van der Waals surface area contributed by atoms with Gasteiger partial charge in [0.25, 0.3) is 0 Å². The van der Waals surface area contributed by atoms with E-state index in [1.54, 1.807) is 0 Å². The van der Waals surface area contributed by atoms with E-state index in [1.165, 1.54) is 11.1 Å². The molecule has 6 N–H and O–H groups in total. The maximum Gasteiger partial charge on any atom is 0.186 e. The van der Waals surface area contributed by atoms with Crippen molar-refractivity contribution in [1.82, 2.24) is 0 Å². The Morgan fingerprint density at radius 2 is 1.15 bits per heavy atom. The lowest BCUT2D eigenvalue weighted by Gasteiger charge is -2.43. The minimum atomic E-state index is -1.46. The highest BCUT2D eigenvalue weighted by Gasteiger charge is 2.46. The standard InChI is InChI=1S/C46H66O8/c1-29(15-11-12-16-30(2)18-14-20-32(4)22-24-37-34(6)26-38(48)43(52)46(37,9)10)17-13-19-31(3)21-23-36-33(5)25-35(27-45(36,7)8)53-44-42(51)41(50)40(49)39(28-47)54-44/h11-24,35,38-44,47-52H,25-28H2,1-10H3/b12-11+,17-13+,18-14+,23-21+,24-22+,29-15+,30-16+,31-19+,32-20+/t35-,38-,39-,40-,41+,42-,43+,44-/m1/s1. The fourth-order valence-corrected chi connectivity index (χ4v) is 7.47. The second-order valence-electron chi connectivity index (χ2n) is 16.5. The van der Waals surface area contributed by atoms with Crippen LogP contribution in [-0.2, 0) is 9.47 Å². The van der Waals surface area contributed by atoms with E-state index in [9.17, 15) is 30.6 Å². The quantitative estimate of drug-likeness (QED) is 0.108. The van der Waals surface area contributed by atoms with Gasteiger partial charge < -0.3 is 40.1 Å². The third-order valence-electron chi connectivity index (χ3n) is 10.7. The Morgan fingerprint density at radius 1 is 0.667 bits per heavy atom. The van der Waals surface area contributed by atoms with E-state index in [1.807, 2.05) is 52.0 Å². The van der Waals surface area contributed by atoms with Crippen LogP contribution in [0.1, 0.15) is 88.5 Å². The first-order valence-electron chi connectivity index (χ1n) is 19.1. The minimum absolute atomic E-state index is 0.211. The van der Waals surface area contributed by atoms with Crippen molar-refractivity contribution in [1.29, 1.82) is 0 Å². The fourth-order valence-electron chi connectivity index (χ4n) is 7.47. The Morgan fingerprint density at radius 3 is 1.67 bits per heavy atom. The summed E-state index contributed by atoms with van der Waals surface area (Å²) in [6, 6.07) is 0. The molecule has 0 saturated carbocycles. The van der Waals surface area contributed by atoms with Crippen molar-refractivity contribution < 1.29 is 40.1 Å². The van der Waals surface area contributed by atoms with Gasteiger partial charge in [0.05, 0.1) is 24.9 Å². The molecule has 8 heteroatoms. The normalized spacial score (nSPS) is 32.1. The monoisotopic (exact) mass is 746 g/mol. The van der Waals surface area contributed by atoms with Gasteiger partial charge >= 0.3 is 0 Å². The van der Waals surface area contributed by atoms with Crippen LogP contribution in [0.4, 0.5) is 0 Å². The van der Waals surface area contributed by atoms with Crippen LogP contribution >= 0.6 is 0 Å². The number of ether oxygens (including phenoxy) is 2. The summed E-state index contributed by atoms with van der Waals surface area (Å²) in [5.74, 6) is 0. The largest absolute Gasteiger partial charge is 0.394 e. The van der Waals surface area contributed by atoms with Crippen molar-refractivity contribution >= 4 is 0 Å². The van der Waals surface area contributed by atoms with E-state index in [2.05, 4.69) is 102 Å². The third-order valence-corrected chi connectivity index (χ3v) is 10.7. The average molecular weight is 747 g/mol. The first kappa shape index (κ1) is 45.2. The molecule has 1 saturated heterocycles. The van der Waals surface area contributed by atoms with Crippen molar-refractivity contribution in [3.05, 3.63) is 130 Å². The molecule has 0 amide bonds. The number of hydrogen-bond donors (Lipinski definition) is 6. The van der Waals surface area contributed by atoms with Gasteiger partial charge in [0.2, 0.25) is 0 Å². The zero-order valence-corrected chi connectivity index (χ0v) is 34.0. The highest BCUT2D eigenvalue weighted by atomic mass is 16.7. The molecule has 1 heterocycles. The van der Waals surface area contributed by atoms with Gasteiger partial charge in [-0.3, -0.25) is 0 Å². The van der Waals surface area contributed by atoms with Gasteiger partial charge in [0.1, 0.15) is 24.4 Å². The van der Waals surface area contributed by atoms with Gasteiger partial charge in [-0.05, 0) is 77.4 Å². The van der Waals surface area contributed by atoms with Crippen molar-refractivity contribution in [3.63, 3.8) is 0 Å². The van der Waals surface area contributed by atoms with E-state index in [-0.39, 0.29) is 11.5 Å². The molecule has 0 spiro atoms. The minimum Gasteiger partial charge on any atom is -0.394 e. The SMILES string of the molecule is CC1=C(/C=C/C(C)=C/C=C/C(C)=C/C=C/C=C(C)/C=C/C=C(C)/C=C/C2=C(C)C[C@@H](O)[C@H](O)C2(C)C)C(C)(C)C[C@H](O[C@@H]2O[C@H](CO)[C@@H](O)[C@H](O)[C@H]2O)C1. The zero-order chi connectivity index (χ0) is 40.4. The van der Waals surface area contributed by atoms with Crippen molar-refractivity contribution in [2.75, 3.05) is 6.61 Å². The summed E-state index contributed by atoms with van der Waals surface area (Å²) in [6.45, 7) is 20.1. The highest BCUT2D eigenvalue weighted by Crippen LogP contribution is 2.43. The van der Waals surface area contributed by atoms with Crippen LogP contribution in [0, 0.1) is 10.8 Å². The second-order valence-corrected chi connectivity index (χ2v) is 16.5. The molecule has 298 valence electrons. The van der Waals surface area contributed by atoms with Gasteiger partial charge in [0.15, 0.2) is 6.29 Å². The lowest BCUT2D eigenvalue weighted by atomic mass is 9.69. The van der Waals surface area contributed by atoms with Crippen LogP contribution < -0.4 is 0 Å². The summed E-state index contributed by atoms with van der Waals surface area (Å²) in [4.78, 5) is 0. The molecular weight excluding hydrogens is 680 g/mol. The van der Waals surface area contributed by atoms with Crippen LogP contribution in [0.5, 0.6) is 0 Å². The maximum absolute atomic E-state index is 10.5. The summed E-state index contributed by atoms with van der Waals surface area (Å²) in [7, 11) is 0.